The molecular formula is C16H22N2O4. The van der Waals surface area contributed by atoms with Gasteiger partial charge in [0.15, 0.2) is 0 Å². The molecule has 0 saturated carbocycles. The van der Waals surface area contributed by atoms with E-state index >= 15 is 0 Å². The molecule has 0 radical (unpaired) electrons. The van der Waals surface area contributed by atoms with Crippen LogP contribution in [0.4, 0.5) is 0 Å². The predicted octanol–water partition coefficient (Wildman–Crippen LogP) is 0.669. The predicted molar refractivity (Wildman–Crippen MR) is 82.6 cm³/mol. The monoisotopic (exact) mass is 306 g/mol. The van der Waals surface area contributed by atoms with Crippen molar-refractivity contribution in [3.05, 3.63) is 0 Å². The van der Waals surface area contributed by atoms with E-state index < -0.39 is 12.0 Å². The minimum Gasteiger partial charge on any atom is -0.480 e. The van der Waals surface area contributed by atoms with Gasteiger partial charge in [0.05, 0.1) is 0 Å². The van der Waals surface area contributed by atoms with Gasteiger partial charge in [0.25, 0.3) is 0 Å². The number of hydrogen-bond acceptors (Lipinski definition) is 3. The van der Waals surface area contributed by atoms with Gasteiger partial charge in [-0.05, 0) is 19.3 Å². The fraction of sp³-hybridized carbons (Fsp3) is 0.562. The Bertz CT molecular complexity index is 460. The number of carbonyl (C=O) groups excluding carboxylic acids is 2. The van der Waals surface area contributed by atoms with Crippen LogP contribution in [0.1, 0.15) is 44.9 Å². The second-order valence-electron chi connectivity index (χ2n) is 4.71. The van der Waals surface area contributed by atoms with E-state index in [4.69, 9.17) is 18.0 Å². The van der Waals surface area contributed by atoms with E-state index in [0.29, 0.717) is 38.6 Å². The maximum Gasteiger partial charge on any atom is 0.326 e. The fourth-order valence-electron chi connectivity index (χ4n) is 1.68. The SMILES string of the molecule is C#CCCC(=O)NCCCC[C@H](NC(=O)CCC#C)C(=O)O. The molecule has 0 aliphatic carbocycles. The molecule has 0 aromatic rings. The number of nitrogens with one attached hydrogen (secondary N) is 2. The van der Waals surface area contributed by atoms with Gasteiger partial charge in [-0.2, -0.15) is 0 Å². The van der Waals surface area contributed by atoms with Gasteiger partial charge in [-0.15, -0.1) is 24.7 Å². The highest BCUT2D eigenvalue weighted by molar-refractivity contribution is 5.83. The molecule has 0 unspecified atom stereocenters. The first kappa shape index (κ1) is 19.5. The number of carboxylic acid groups (broad SMARTS) is 1. The van der Waals surface area contributed by atoms with Crippen molar-refractivity contribution < 1.29 is 19.5 Å². The molecule has 0 saturated heterocycles. The van der Waals surface area contributed by atoms with Crippen LogP contribution in [-0.2, 0) is 14.4 Å². The van der Waals surface area contributed by atoms with E-state index in [2.05, 4.69) is 22.5 Å². The van der Waals surface area contributed by atoms with Crippen molar-refractivity contribution in [1.29, 1.82) is 0 Å². The standard InChI is InChI=1S/C16H22N2O4/c1-3-5-10-14(19)17-12-8-7-9-13(16(21)22)18-15(20)11-6-4-2/h1-2,13H,5-12H2,(H,17,19)(H,18,20)(H,21,22)/t13-/m0/s1. The zero-order chi connectivity index (χ0) is 16.8. The number of carbonyl (C=O) groups is 3. The molecule has 0 heterocycles. The van der Waals surface area contributed by atoms with E-state index in [1.54, 1.807) is 0 Å². The maximum absolute atomic E-state index is 11.5. The van der Waals surface area contributed by atoms with Crippen LogP contribution in [0.15, 0.2) is 0 Å². The lowest BCUT2D eigenvalue weighted by molar-refractivity contribution is -0.142. The Morgan fingerprint density at radius 3 is 2.14 bits per heavy atom. The summed E-state index contributed by atoms with van der Waals surface area (Å²) in [5, 5.41) is 14.2. The van der Waals surface area contributed by atoms with Crippen molar-refractivity contribution in [1.82, 2.24) is 10.6 Å². The van der Waals surface area contributed by atoms with Gasteiger partial charge in [0.2, 0.25) is 11.8 Å². The normalized spacial score (nSPS) is 10.8. The summed E-state index contributed by atoms with van der Waals surface area (Å²) in [4.78, 5) is 33.8. The summed E-state index contributed by atoms with van der Waals surface area (Å²) in [6.45, 7) is 0.459. The molecule has 0 aromatic heterocycles. The topological polar surface area (TPSA) is 95.5 Å². The summed E-state index contributed by atoms with van der Waals surface area (Å²) in [5.74, 6) is 3.15. The molecule has 6 nitrogen and oxygen atoms in total. The number of hydrogen-bond donors (Lipinski definition) is 3. The van der Waals surface area contributed by atoms with Gasteiger partial charge >= 0.3 is 5.97 Å². The lowest BCUT2D eigenvalue weighted by atomic mass is 10.1. The van der Waals surface area contributed by atoms with E-state index in [9.17, 15) is 14.4 Å². The molecule has 22 heavy (non-hydrogen) atoms. The van der Waals surface area contributed by atoms with Crippen molar-refractivity contribution in [2.75, 3.05) is 6.54 Å². The molecule has 6 heteroatoms. The molecule has 0 rings (SSSR count). The van der Waals surface area contributed by atoms with Crippen LogP contribution in [0.3, 0.4) is 0 Å². The minimum atomic E-state index is -1.08. The molecule has 0 aromatic carbocycles. The quantitative estimate of drug-likeness (QED) is 0.386. The number of amides is 2. The molecule has 2 amide bonds. The zero-order valence-corrected chi connectivity index (χ0v) is 12.6. The lowest BCUT2D eigenvalue weighted by Gasteiger charge is -2.14. The number of unbranched alkanes of at least 4 members (excludes halogenated alkanes) is 1. The van der Waals surface area contributed by atoms with Crippen LogP contribution in [0, 0.1) is 24.7 Å². The summed E-state index contributed by atoms with van der Waals surface area (Å²) >= 11 is 0. The van der Waals surface area contributed by atoms with Gasteiger partial charge < -0.3 is 15.7 Å². The fourth-order valence-corrected chi connectivity index (χ4v) is 1.68. The van der Waals surface area contributed by atoms with Gasteiger partial charge in [0, 0.05) is 32.2 Å². The van der Waals surface area contributed by atoms with Gasteiger partial charge in [-0.25, -0.2) is 4.79 Å². The number of terminal acetylenes is 2. The van der Waals surface area contributed by atoms with Crippen LogP contribution in [0.2, 0.25) is 0 Å². The first-order valence-corrected chi connectivity index (χ1v) is 7.17. The summed E-state index contributed by atoms with van der Waals surface area (Å²) in [7, 11) is 0. The number of rotatable bonds is 11. The Balaban J connectivity index is 3.90. The smallest absolute Gasteiger partial charge is 0.326 e. The maximum atomic E-state index is 11.5. The highest BCUT2D eigenvalue weighted by Gasteiger charge is 2.18. The highest BCUT2D eigenvalue weighted by atomic mass is 16.4. The third kappa shape index (κ3) is 10.3. The van der Waals surface area contributed by atoms with Crippen molar-refractivity contribution in [2.24, 2.45) is 0 Å². The summed E-state index contributed by atoms with van der Waals surface area (Å²) < 4.78 is 0. The van der Waals surface area contributed by atoms with Crippen LogP contribution in [0.5, 0.6) is 0 Å². The molecule has 1 atom stereocenters. The van der Waals surface area contributed by atoms with Crippen molar-refractivity contribution >= 4 is 17.8 Å². The molecule has 0 aliphatic heterocycles. The van der Waals surface area contributed by atoms with Gasteiger partial charge in [-0.3, -0.25) is 9.59 Å². The molecule has 0 spiro atoms. The Morgan fingerprint density at radius 2 is 1.59 bits per heavy atom. The van der Waals surface area contributed by atoms with Gasteiger partial charge in [-0.1, -0.05) is 0 Å². The average Bonchev–Trinajstić information content (AvgIpc) is 2.49. The Hall–Kier alpha value is -2.47. The molecule has 3 N–H and O–H groups in total. The van der Waals surface area contributed by atoms with Gasteiger partial charge in [0.1, 0.15) is 6.04 Å². The summed E-state index contributed by atoms with van der Waals surface area (Å²) in [6.07, 6.45) is 12.7. The first-order chi connectivity index (χ1) is 10.5. The molecule has 0 fully saturated rings. The summed E-state index contributed by atoms with van der Waals surface area (Å²) in [5.41, 5.74) is 0. The van der Waals surface area contributed by atoms with E-state index in [1.807, 2.05) is 0 Å². The Kier molecular flexibility index (Phi) is 10.9. The molecule has 120 valence electrons. The summed E-state index contributed by atoms with van der Waals surface area (Å²) in [6, 6.07) is -0.928. The molecular weight excluding hydrogens is 284 g/mol. The van der Waals surface area contributed by atoms with E-state index in [0.717, 1.165) is 0 Å². The largest absolute Gasteiger partial charge is 0.480 e. The Morgan fingerprint density at radius 1 is 1.00 bits per heavy atom. The van der Waals surface area contributed by atoms with Crippen LogP contribution in [0.25, 0.3) is 0 Å². The minimum absolute atomic E-state index is 0.115. The van der Waals surface area contributed by atoms with Crippen molar-refractivity contribution in [3.63, 3.8) is 0 Å². The second-order valence-corrected chi connectivity index (χ2v) is 4.71. The second kappa shape index (κ2) is 12.3. The first-order valence-electron chi connectivity index (χ1n) is 7.17. The van der Waals surface area contributed by atoms with E-state index in [-0.39, 0.29) is 24.7 Å². The average molecular weight is 306 g/mol. The Labute approximate surface area is 131 Å². The van der Waals surface area contributed by atoms with Crippen LogP contribution >= 0.6 is 0 Å². The number of aliphatic carboxylic acids is 1. The molecule has 0 aliphatic rings. The zero-order valence-electron chi connectivity index (χ0n) is 12.6. The third-order valence-corrected chi connectivity index (χ3v) is 2.87. The van der Waals surface area contributed by atoms with Crippen LogP contribution < -0.4 is 10.6 Å². The van der Waals surface area contributed by atoms with Crippen molar-refractivity contribution in [2.45, 2.75) is 51.0 Å². The van der Waals surface area contributed by atoms with Crippen LogP contribution in [-0.4, -0.2) is 35.5 Å². The number of carboxylic acids is 1. The molecule has 0 bridgehead atoms. The highest BCUT2D eigenvalue weighted by Crippen LogP contribution is 2.02. The van der Waals surface area contributed by atoms with Crippen molar-refractivity contribution in [3.8, 4) is 24.7 Å². The third-order valence-electron chi connectivity index (χ3n) is 2.87. The van der Waals surface area contributed by atoms with E-state index in [1.165, 1.54) is 0 Å². The lowest BCUT2D eigenvalue weighted by Crippen LogP contribution is -2.40.